The maximum atomic E-state index is 11.9. The zero-order chi connectivity index (χ0) is 14.6. The van der Waals surface area contributed by atoms with E-state index in [1.165, 1.54) is 25.7 Å². The van der Waals surface area contributed by atoms with Crippen molar-refractivity contribution >= 4 is 5.91 Å². The lowest BCUT2D eigenvalue weighted by Crippen LogP contribution is -2.59. The van der Waals surface area contributed by atoms with Crippen molar-refractivity contribution in [3.63, 3.8) is 0 Å². The number of likely N-dealkylation sites (N-methyl/N-ethyl adjacent to an activating group) is 1. The van der Waals surface area contributed by atoms with Crippen LogP contribution in [0.2, 0.25) is 0 Å². The molecule has 2 rings (SSSR count). The summed E-state index contributed by atoms with van der Waals surface area (Å²) in [5.74, 6) is 0.552. The van der Waals surface area contributed by atoms with Crippen LogP contribution in [0.1, 0.15) is 65.2 Å². The maximum absolute atomic E-state index is 11.9. The summed E-state index contributed by atoms with van der Waals surface area (Å²) in [5, 5.41) is 3.32. The van der Waals surface area contributed by atoms with E-state index in [9.17, 15) is 4.79 Å². The molecule has 0 spiro atoms. The number of ether oxygens (including phenoxy) is 1. The Bertz CT molecular complexity index is 330. The molecular formula is C16H30N2O2. The first kappa shape index (κ1) is 15.8. The highest BCUT2D eigenvalue weighted by molar-refractivity contribution is 5.84. The van der Waals surface area contributed by atoms with E-state index in [2.05, 4.69) is 12.2 Å². The minimum atomic E-state index is -0.544. The maximum Gasteiger partial charge on any atom is 0.237 e. The number of hydrogen-bond donors (Lipinski definition) is 2. The van der Waals surface area contributed by atoms with Gasteiger partial charge in [0.05, 0.1) is 12.2 Å². The van der Waals surface area contributed by atoms with Gasteiger partial charge >= 0.3 is 0 Å². The minimum absolute atomic E-state index is 0.186. The molecular weight excluding hydrogens is 252 g/mol. The van der Waals surface area contributed by atoms with Gasteiger partial charge in [-0.3, -0.25) is 4.79 Å². The lowest BCUT2D eigenvalue weighted by Gasteiger charge is -2.41. The van der Waals surface area contributed by atoms with Gasteiger partial charge in [-0.2, -0.15) is 0 Å². The first-order valence-corrected chi connectivity index (χ1v) is 8.26. The molecule has 20 heavy (non-hydrogen) atoms. The van der Waals surface area contributed by atoms with Crippen molar-refractivity contribution in [3.8, 4) is 0 Å². The molecule has 1 amide bonds. The van der Waals surface area contributed by atoms with Gasteiger partial charge < -0.3 is 15.8 Å². The molecule has 2 aliphatic carbocycles. The molecule has 2 fully saturated rings. The van der Waals surface area contributed by atoms with Crippen LogP contribution in [0.15, 0.2) is 0 Å². The van der Waals surface area contributed by atoms with Crippen LogP contribution in [0.4, 0.5) is 0 Å². The van der Waals surface area contributed by atoms with E-state index in [0.717, 1.165) is 38.1 Å². The average Bonchev–Trinajstić information content (AvgIpc) is 2.39. The monoisotopic (exact) mass is 282 g/mol. The number of nitrogens with two attached hydrogens (primary N) is 1. The van der Waals surface area contributed by atoms with Crippen molar-refractivity contribution in [2.45, 2.75) is 83.0 Å². The molecule has 3 N–H and O–H groups in total. The summed E-state index contributed by atoms with van der Waals surface area (Å²) in [4.78, 5) is 11.9. The summed E-state index contributed by atoms with van der Waals surface area (Å²) in [6.07, 6.45) is 9.17. The van der Waals surface area contributed by atoms with Gasteiger partial charge in [-0.1, -0.05) is 26.7 Å². The highest BCUT2D eigenvalue weighted by Gasteiger charge is 2.41. The molecule has 0 radical (unpaired) electrons. The third-order valence-corrected chi connectivity index (χ3v) is 4.97. The molecule has 116 valence electrons. The van der Waals surface area contributed by atoms with Crippen molar-refractivity contribution < 1.29 is 9.53 Å². The van der Waals surface area contributed by atoms with E-state index < -0.39 is 5.54 Å². The topological polar surface area (TPSA) is 64.3 Å². The van der Waals surface area contributed by atoms with E-state index in [-0.39, 0.29) is 12.0 Å². The number of carbonyl (C=O) groups is 1. The number of amides is 1. The third kappa shape index (κ3) is 3.73. The summed E-state index contributed by atoms with van der Waals surface area (Å²) < 4.78 is 6.31. The fourth-order valence-corrected chi connectivity index (χ4v) is 3.92. The van der Waals surface area contributed by atoms with Crippen LogP contribution >= 0.6 is 0 Å². The fourth-order valence-electron chi connectivity index (χ4n) is 3.92. The SMILES string of the molecule is CCNC1(C(N)=O)CCCC(OC2CCCC(C)C2)C1. The van der Waals surface area contributed by atoms with Crippen molar-refractivity contribution in [1.82, 2.24) is 5.32 Å². The standard InChI is InChI=1S/C16H30N2O2/c1-3-18-16(15(17)19)9-5-8-14(11-16)20-13-7-4-6-12(2)10-13/h12-14,18H,3-11H2,1-2H3,(H2,17,19). The Kier molecular flexibility index (Phi) is 5.44. The first-order chi connectivity index (χ1) is 9.55. The van der Waals surface area contributed by atoms with Gasteiger partial charge in [0.15, 0.2) is 0 Å². The predicted octanol–water partition coefficient (Wildman–Crippen LogP) is 2.36. The summed E-state index contributed by atoms with van der Waals surface area (Å²) in [5.41, 5.74) is 5.10. The van der Waals surface area contributed by atoms with Crippen LogP contribution in [-0.2, 0) is 9.53 Å². The molecule has 0 aromatic heterocycles. The summed E-state index contributed by atoms with van der Waals surface area (Å²) in [6, 6.07) is 0. The molecule has 2 aliphatic rings. The Morgan fingerprint density at radius 1 is 1.30 bits per heavy atom. The first-order valence-electron chi connectivity index (χ1n) is 8.26. The summed E-state index contributed by atoms with van der Waals surface area (Å²) in [7, 11) is 0. The van der Waals surface area contributed by atoms with Crippen molar-refractivity contribution in [2.24, 2.45) is 11.7 Å². The van der Waals surface area contributed by atoms with Gasteiger partial charge in [0.25, 0.3) is 0 Å². The fraction of sp³-hybridized carbons (Fsp3) is 0.938. The zero-order valence-electron chi connectivity index (χ0n) is 13.0. The van der Waals surface area contributed by atoms with Crippen molar-refractivity contribution in [3.05, 3.63) is 0 Å². The number of rotatable bonds is 5. The summed E-state index contributed by atoms with van der Waals surface area (Å²) >= 11 is 0. The van der Waals surface area contributed by atoms with Crippen LogP contribution in [-0.4, -0.2) is 30.2 Å². The Balaban J connectivity index is 1.93. The van der Waals surface area contributed by atoms with Gasteiger partial charge in [-0.05, 0) is 44.6 Å². The summed E-state index contributed by atoms with van der Waals surface area (Å²) in [6.45, 7) is 5.11. The highest BCUT2D eigenvalue weighted by atomic mass is 16.5. The van der Waals surface area contributed by atoms with Crippen molar-refractivity contribution in [1.29, 1.82) is 0 Å². The van der Waals surface area contributed by atoms with E-state index in [1.807, 2.05) is 6.92 Å². The average molecular weight is 282 g/mol. The number of primary amides is 1. The van der Waals surface area contributed by atoms with Gasteiger partial charge in [-0.15, -0.1) is 0 Å². The van der Waals surface area contributed by atoms with Gasteiger partial charge in [0.1, 0.15) is 5.54 Å². The van der Waals surface area contributed by atoms with Crippen LogP contribution in [0.5, 0.6) is 0 Å². The van der Waals surface area contributed by atoms with Gasteiger partial charge in [0, 0.05) is 6.42 Å². The Morgan fingerprint density at radius 2 is 2.05 bits per heavy atom. The second kappa shape index (κ2) is 6.90. The Hall–Kier alpha value is -0.610. The molecule has 2 saturated carbocycles. The lowest BCUT2D eigenvalue weighted by molar-refractivity contribution is -0.130. The molecule has 0 aromatic carbocycles. The van der Waals surface area contributed by atoms with Crippen LogP contribution < -0.4 is 11.1 Å². The number of nitrogens with one attached hydrogen (secondary N) is 1. The molecule has 0 aromatic rings. The molecule has 4 heteroatoms. The molecule has 4 unspecified atom stereocenters. The van der Waals surface area contributed by atoms with Crippen LogP contribution in [0.3, 0.4) is 0 Å². The molecule has 0 heterocycles. The molecule has 4 atom stereocenters. The predicted molar refractivity (Wildman–Crippen MR) is 80.4 cm³/mol. The van der Waals surface area contributed by atoms with E-state index in [4.69, 9.17) is 10.5 Å². The second-order valence-corrected chi connectivity index (χ2v) is 6.72. The quantitative estimate of drug-likeness (QED) is 0.813. The molecule has 0 saturated heterocycles. The Morgan fingerprint density at radius 3 is 2.70 bits per heavy atom. The zero-order valence-corrected chi connectivity index (χ0v) is 13.0. The van der Waals surface area contributed by atoms with Crippen molar-refractivity contribution in [2.75, 3.05) is 6.54 Å². The van der Waals surface area contributed by atoms with Gasteiger partial charge in [-0.25, -0.2) is 0 Å². The smallest absolute Gasteiger partial charge is 0.237 e. The molecule has 0 bridgehead atoms. The minimum Gasteiger partial charge on any atom is -0.375 e. The number of carbonyl (C=O) groups excluding carboxylic acids is 1. The largest absolute Gasteiger partial charge is 0.375 e. The highest BCUT2D eigenvalue weighted by Crippen LogP contribution is 2.33. The van der Waals surface area contributed by atoms with Crippen LogP contribution in [0, 0.1) is 5.92 Å². The van der Waals surface area contributed by atoms with Crippen LogP contribution in [0.25, 0.3) is 0 Å². The normalized spacial score (nSPS) is 38.6. The van der Waals surface area contributed by atoms with E-state index in [0.29, 0.717) is 6.10 Å². The lowest BCUT2D eigenvalue weighted by atomic mass is 9.79. The Labute approximate surface area is 122 Å². The second-order valence-electron chi connectivity index (χ2n) is 6.72. The third-order valence-electron chi connectivity index (χ3n) is 4.97. The number of hydrogen-bond acceptors (Lipinski definition) is 3. The van der Waals surface area contributed by atoms with Gasteiger partial charge in [0.2, 0.25) is 5.91 Å². The van der Waals surface area contributed by atoms with E-state index in [1.54, 1.807) is 0 Å². The molecule has 0 aliphatic heterocycles. The van der Waals surface area contributed by atoms with E-state index >= 15 is 0 Å². The molecule has 4 nitrogen and oxygen atoms in total.